The molecule has 1 N–H and O–H groups in total. The number of anilines is 1. The first-order valence-electron chi connectivity index (χ1n) is 9.57. The molecule has 5 nitrogen and oxygen atoms in total. The molecule has 0 aromatic heterocycles. The van der Waals surface area contributed by atoms with E-state index in [-0.39, 0.29) is 18.4 Å². The van der Waals surface area contributed by atoms with Crippen molar-refractivity contribution < 1.29 is 13.9 Å². The van der Waals surface area contributed by atoms with Crippen LogP contribution in [-0.4, -0.2) is 55.2 Å². The number of nitrogens with one attached hydrogen (secondary N) is 1. The maximum atomic E-state index is 14.1. The van der Waals surface area contributed by atoms with Crippen molar-refractivity contribution in [2.24, 2.45) is 0 Å². The van der Waals surface area contributed by atoms with Crippen LogP contribution in [0.1, 0.15) is 12.0 Å². The topological polar surface area (TPSA) is 44.8 Å². The lowest BCUT2D eigenvalue weighted by molar-refractivity contribution is 0.0365. The van der Waals surface area contributed by atoms with Gasteiger partial charge in [-0.15, -0.1) is 0 Å². The molecular formula is C21H24Cl2FN3O2. The van der Waals surface area contributed by atoms with Crippen LogP contribution < -0.4 is 5.32 Å². The second kappa shape index (κ2) is 10.8. The normalized spacial score (nSPS) is 14.6. The van der Waals surface area contributed by atoms with E-state index in [1.807, 2.05) is 0 Å². The van der Waals surface area contributed by atoms with Crippen molar-refractivity contribution in [1.82, 2.24) is 9.80 Å². The van der Waals surface area contributed by atoms with Gasteiger partial charge in [0.15, 0.2) is 0 Å². The third kappa shape index (κ3) is 6.57. The van der Waals surface area contributed by atoms with E-state index in [4.69, 9.17) is 27.9 Å². The van der Waals surface area contributed by atoms with Gasteiger partial charge in [0.25, 0.3) is 0 Å². The molecule has 0 bridgehead atoms. The first-order chi connectivity index (χ1) is 14.0. The summed E-state index contributed by atoms with van der Waals surface area (Å²) in [5, 5.41) is 3.65. The lowest BCUT2D eigenvalue weighted by atomic mass is 10.2. The highest BCUT2D eigenvalue weighted by molar-refractivity contribution is 6.36. The number of hydrogen-bond donors (Lipinski definition) is 1. The quantitative estimate of drug-likeness (QED) is 0.667. The van der Waals surface area contributed by atoms with Gasteiger partial charge in [0.2, 0.25) is 0 Å². The fraction of sp³-hybridized carbons (Fsp3) is 0.381. The predicted molar refractivity (Wildman–Crippen MR) is 114 cm³/mol. The number of halogens is 3. The third-order valence-corrected chi connectivity index (χ3v) is 5.33. The molecule has 0 aliphatic carbocycles. The summed E-state index contributed by atoms with van der Waals surface area (Å²) in [6.45, 7) is 4.75. The number of carbonyl (C=O) groups is 1. The first kappa shape index (κ1) is 21.8. The van der Waals surface area contributed by atoms with Crippen molar-refractivity contribution in [2.75, 3.05) is 44.7 Å². The largest absolute Gasteiger partial charge is 0.379 e. The van der Waals surface area contributed by atoms with Crippen molar-refractivity contribution in [2.45, 2.75) is 13.0 Å². The fourth-order valence-electron chi connectivity index (χ4n) is 3.18. The minimum absolute atomic E-state index is 0.173. The van der Waals surface area contributed by atoms with Gasteiger partial charge in [0, 0.05) is 36.8 Å². The zero-order valence-electron chi connectivity index (χ0n) is 16.0. The Balaban J connectivity index is 1.66. The lowest BCUT2D eigenvalue weighted by Crippen LogP contribution is -2.40. The van der Waals surface area contributed by atoms with Crippen molar-refractivity contribution in [1.29, 1.82) is 0 Å². The highest BCUT2D eigenvalue weighted by Crippen LogP contribution is 2.26. The summed E-state index contributed by atoms with van der Waals surface area (Å²) >= 11 is 12.1. The molecule has 8 heteroatoms. The Bertz CT molecular complexity index is 831. The minimum Gasteiger partial charge on any atom is -0.379 e. The molecule has 2 amide bonds. The number of rotatable bonds is 7. The smallest absolute Gasteiger partial charge is 0.322 e. The van der Waals surface area contributed by atoms with Gasteiger partial charge in [-0.05, 0) is 30.7 Å². The average Bonchev–Trinajstić information content (AvgIpc) is 2.71. The third-order valence-electron chi connectivity index (χ3n) is 4.79. The molecule has 1 saturated heterocycles. The molecule has 0 spiro atoms. The molecule has 3 rings (SSSR count). The molecule has 0 saturated carbocycles. The van der Waals surface area contributed by atoms with Crippen LogP contribution >= 0.6 is 23.2 Å². The van der Waals surface area contributed by atoms with Crippen LogP contribution in [0.15, 0.2) is 42.5 Å². The van der Waals surface area contributed by atoms with E-state index in [1.54, 1.807) is 41.3 Å². The summed E-state index contributed by atoms with van der Waals surface area (Å²) in [6, 6.07) is 11.0. The lowest BCUT2D eigenvalue weighted by Gasteiger charge is -2.28. The monoisotopic (exact) mass is 439 g/mol. The van der Waals surface area contributed by atoms with E-state index in [1.165, 1.54) is 6.07 Å². The van der Waals surface area contributed by atoms with Crippen molar-refractivity contribution in [3.8, 4) is 0 Å². The number of urea groups is 1. The van der Waals surface area contributed by atoms with E-state index in [9.17, 15) is 9.18 Å². The van der Waals surface area contributed by atoms with Gasteiger partial charge in [0.1, 0.15) is 5.82 Å². The Morgan fingerprint density at radius 2 is 1.93 bits per heavy atom. The van der Waals surface area contributed by atoms with Crippen LogP contribution in [0.5, 0.6) is 0 Å². The van der Waals surface area contributed by atoms with Gasteiger partial charge in [0.05, 0.1) is 30.5 Å². The summed E-state index contributed by atoms with van der Waals surface area (Å²) in [6.07, 6.45) is 0.774. The highest BCUT2D eigenvalue weighted by atomic mass is 35.5. The van der Waals surface area contributed by atoms with Gasteiger partial charge < -0.3 is 15.0 Å². The molecule has 2 aromatic rings. The zero-order valence-corrected chi connectivity index (χ0v) is 17.6. The Hall–Kier alpha value is -1.86. The van der Waals surface area contributed by atoms with E-state index in [0.717, 1.165) is 39.3 Å². The Morgan fingerprint density at radius 1 is 1.17 bits per heavy atom. The molecule has 156 valence electrons. The van der Waals surface area contributed by atoms with Crippen LogP contribution in [0.25, 0.3) is 0 Å². The number of hydrogen-bond acceptors (Lipinski definition) is 3. The Morgan fingerprint density at radius 3 is 2.66 bits per heavy atom. The number of amides is 2. The van der Waals surface area contributed by atoms with Crippen LogP contribution in [0, 0.1) is 5.82 Å². The van der Waals surface area contributed by atoms with Gasteiger partial charge in [-0.1, -0.05) is 41.4 Å². The molecule has 0 radical (unpaired) electrons. The maximum absolute atomic E-state index is 14.1. The SMILES string of the molecule is O=C(Nc1ccc(Cl)cc1Cl)N(CCCN1CCOCC1)Cc1ccccc1F. The van der Waals surface area contributed by atoms with Gasteiger partial charge >= 0.3 is 6.03 Å². The molecule has 29 heavy (non-hydrogen) atoms. The summed E-state index contributed by atoms with van der Waals surface area (Å²) in [5.74, 6) is -0.331. The minimum atomic E-state index is -0.334. The second-order valence-electron chi connectivity index (χ2n) is 6.87. The predicted octanol–water partition coefficient (Wildman–Crippen LogP) is 4.89. The van der Waals surface area contributed by atoms with E-state index >= 15 is 0 Å². The second-order valence-corrected chi connectivity index (χ2v) is 7.72. The number of nitrogens with zero attached hydrogens (tertiary/aromatic N) is 2. The van der Waals surface area contributed by atoms with E-state index in [0.29, 0.717) is 27.8 Å². The molecular weight excluding hydrogens is 416 g/mol. The van der Waals surface area contributed by atoms with Gasteiger partial charge in [-0.25, -0.2) is 9.18 Å². The fourth-order valence-corrected chi connectivity index (χ4v) is 3.64. The Kier molecular flexibility index (Phi) is 8.12. The van der Waals surface area contributed by atoms with Crippen LogP contribution in [0.4, 0.5) is 14.9 Å². The molecule has 0 atom stereocenters. The van der Waals surface area contributed by atoms with Crippen molar-refractivity contribution >= 4 is 34.9 Å². The van der Waals surface area contributed by atoms with E-state index < -0.39 is 0 Å². The Labute approximate surface area is 180 Å². The molecule has 1 heterocycles. The summed E-state index contributed by atoms with van der Waals surface area (Å²) < 4.78 is 19.5. The van der Waals surface area contributed by atoms with Crippen molar-refractivity contribution in [3.05, 3.63) is 63.9 Å². The number of ether oxygens (including phenoxy) is 1. The highest BCUT2D eigenvalue weighted by Gasteiger charge is 2.18. The van der Waals surface area contributed by atoms with Crippen LogP contribution in [-0.2, 0) is 11.3 Å². The molecule has 1 aliphatic heterocycles. The molecule has 1 aliphatic rings. The van der Waals surface area contributed by atoms with Gasteiger partial charge in [-0.3, -0.25) is 4.90 Å². The first-order valence-corrected chi connectivity index (χ1v) is 10.3. The molecule has 2 aromatic carbocycles. The molecule has 1 fully saturated rings. The number of morpholine rings is 1. The van der Waals surface area contributed by atoms with Crippen LogP contribution in [0.2, 0.25) is 10.0 Å². The summed E-state index contributed by atoms with van der Waals surface area (Å²) in [4.78, 5) is 16.8. The average molecular weight is 440 g/mol. The summed E-state index contributed by atoms with van der Waals surface area (Å²) in [5.41, 5.74) is 0.934. The van der Waals surface area contributed by atoms with Crippen LogP contribution in [0.3, 0.4) is 0 Å². The van der Waals surface area contributed by atoms with Gasteiger partial charge in [-0.2, -0.15) is 0 Å². The molecule has 0 unspecified atom stereocenters. The number of carbonyl (C=O) groups excluding carboxylic acids is 1. The summed E-state index contributed by atoms with van der Waals surface area (Å²) in [7, 11) is 0. The van der Waals surface area contributed by atoms with E-state index in [2.05, 4.69) is 10.2 Å². The standard InChI is InChI=1S/C21H24Cl2FN3O2/c22-17-6-7-20(18(23)14-17)25-21(28)27(15-16-4-1-2-5-19(16)24)9-3-8-26-10-12-29-13-11-26/h1-2,4-7,14H,3,8-13,15H2,(H,25,28). The van der Waals surface area contributed by atoms with Crippen molar-refractivity contribution in [3.63, 3.8) is 0 Å². The number of benzene rings is 2. The maximum Gasteiger partial charge on any atom is 0.322 e. The zero-order chi connectivity index (χ0) is 20.6.